The van der Waals surface area contributed by atoms with Gasteiger partial charge in [0.25, 0.3) is 0 Å². The zero-order valence-corrected chi connectivity index (χ0v) is 65.6. The van der Waals surface area contributed by atoms with E-state index in [0.717, 1.165) is 37.0 Å². The van der Waals surface area contributed by atoms with Gasteiger partial charge in [0.05, 0.1) is 26.1 Å². The Morgan fingerprint density at radius 3 is 1.68 bits per heavy atom. The third kappa shape index (κ3) is 25.5. The fourth-order valence-corrected chi connectivity index (χ4v) is 16.4. The lowest BCUT2D eigenvalue weighted by molar-refractivity contribution is -0.151. The van der Waals surface area contributed by atoms with E-state index in [1.807, 2.05) is 41.5 Å². The van der Waals surface area contributed by atoms with E-state index in [0.29, 0.717) is 94.1 Å². The number of hydrogen-bond acceptors (Lipinski definition) is 12. The van der Waals surface area contributed by atoms with Crippen LogP contribution in [0.2, 0.25) is 0 Å². The monoisotopic (exact) mass is 1540 g/mol. The average molecular weight is 1540 g/mol. The third-order valence-corrected chi connectivity index (χ3v) is 23.2. The van der Waals surface area contributed by atoms with Gasteiger partial charge >= 0.3 is 0 Å². The highest BCUT2D eigenvalue weighted by atomic mass is 127. The molecular weight excluding hydrogens is 1420 g/mol. The molecule has 2 aliphatic heterocycles. The molecule has 27 heteroatoms. The Labute approximate surface area is 614 Å². The molecular formula is C73H123ClFIN12O12. The summed E-state index contributed by atoms with van der Waals surface area (Å²) in [5.74, 6) is -8.76. The Kier molecular flexibility index (Phi) is 35.1. The predicted molar refractivity (Wildman–Crippen MR) is 392 cm³/mol. The SMILES string of the molecule is CCCC[C@@H]1NC(=O)[C@H](CC2CCCC(I)C2)NC(=O)CN(C)C(=O)[C@H](CC2CCC(Cl)CC2)N(C)C(=O)CN(C)C(=O)CN(C)C(=O)[C@H]([C@@H](C)CC)NC(=O)[C@H](CC(C)C)N(C)C(=O)C[C@@H](C(=O)N2CCCCC2)N(C)C(=O)[C@H](CC(C)C)NC(=O)[C@H](CC2CCCC(F)C2)N(C)C1=O. The van der Waals surface area contributed by atoms with Crippen LogP contribution in [0.4, 0.5) is 4.39 Å². The molecule has 5 aliphatic rings. The van der Waals surface area contributed by atoms with Gasteiger partial charge in [-0.3, -0.25) is 57.5 Å². The van der Waals surface area contributed by atoms with Crippen LogP contribution in [-0.4, -0.2) is 256 Å². The van der Waals surface area contributed by atoms with Crippen LogP contribution in [0.25, 0.3) is 0 Å². The van der Waals surface area contributed by atoms with E-state index in [9.17, 15) is 33.6 Å². The lowest BCUT2D eigenvalue weighted by Crippen LogP contribution is -2.61. The van der Waals surface area contributed by atoms with Gasteiger partial charge in [0.2, 0.25) is 70.9 Å². The number of unbranched alkanes of at least 4 members (excludes halogenated alkanes) is 1. The van der Waals surface area contributed by atoms with Crippen LogP contribution < -0.4 is 21.3 Å². The number of carbonyl (C=O) groups excluding carboxylic acids is 12. The normalized spacial score (nSPS) is 30.7. The van der Waals surface area contributed by atoms with Crippen molar-refractivity contribution in [1.29, 1.82) is 0 Å². The third-order valence-electron chi connectivity index (χ3n) is 21.7. The summed E-state index contributed by atoms with van der Waals surface area (Å²) in [6.45, 7) is 12.3. The number of halogens is 3. The van der Waals surface area contributed by atoms with Gasteiger partial charge in [-0.15, -0.1) is 11.6 Å². The number of likely N-dealkylation sites (N-methyl/N-ethyl adjacent to an activating group) is 7. The van der Waals surface area contributed by atoms with Gasteiger partial charge < -0.3 is 60.5 Å². The number of piperidine rings is 1. The topological polar surface area (TPSA) is 279 Å². The fourth-order valence-electron chi connectivity index (χ4n) is 15.0. The summed E-state index contributed by atoms with van der Waals surface area (Å²) in [4.78, 5) is 189. The number of rotatable bonds is 16. The molecule has 2 heterocycles. The van der Waals surface area contributed by atoms with Crippen LogP contribution in [0, 0.1) is 35.5 Å². The van der Waals surface area contributed by atoms with E-state index >= 15 is 28.4 Å². The van der Waals surface area contributed by atoms with Crippen LogP contribution in [0.3, 0.4) is 0 Å². The maximum Gasteiger partial charge on any atom is 0.245 e. The summed E-state index contributed by atoms with van der Waals surface area (Å²) in [5.41, 5.74) is 0. The van der Waals surface area contributed by atoms with Crippen molar-refractivity contribution in [3.63, 3.8) is 0 Å². The minimum Gasteiger partial charge on any atom is -0.343 e. The molecule has 0 bridgehead atoms. The number of alkyl halides is 3. The Balaban J connectivity index is 1.64. The summed E-state index contributed by atoms with van der Waals surface area (Å²) in [6, 6.07) is -9.87. The largest absolute Gasteiger partial charge is 0.343 e. The van der Waals surface area contributed by atoms with Gasteiger partial charge in [-0.1, -0.05) is 116 Å². The van der Waals surface area contributed by atoms with Gasteiger partial charge in [0.1, 0.15) is 54.5 Å². The van der Waals surface area contributed by atoms with Crippen molar-refractivity contribution < 1.29 is 61.9 Å². The van der Waals surface area contributed by atoms with Gasteiger partial charge in [0, 0.05) is 71.7 Å². The van der Waals surface area contributed by atoms with E-state index in [1.165, 1.54) is 78.7 Å². The Morgan fingerprint density at radius 1 is 0.520 bits per heavy atom. The van der Waals surface area contributed by atoms with E-state index in [2.05, 4.69) is 43.9 Å². The predicted octanol–water partition coefficient (Wildman–Crippen LogP) is 6.84. The standard InChI is InChI=1S/C73H123ClFIN12O12/c1-15-17-27-54-69(96)86(13)58(40-49-23-21-25-52(75)36-49)67(94)79-56(34-45(3)4)70(97)87(14)60(72(99)88-32-19-18-20-33-88)41-62(90)84(11)57(35-46(5)6)68(95)80-65(47(7)16-2)73(100)83(10)43-63(91)81(8)44-64(92)85(12)59(39-48-28-30-51(74)31-29-48)71(98)82(9)42-61(89)77-55(66(93)78-54)38-50-24-22-26-53(76)37-50/h45-60,65H,15-44H2,1-14H3,(H,77,89)(H,78,93)(H,79,94)(H,80,95)/t47-,48?,49?,50?,51?,52?,53?,54-,55-,56-,57-,58-,59-,60-,65-/m0/s1. The van der Waals surface area contributed by atoms with E-state index in [4.69, 9.17) is 11.6 Å². The van der Waals surface area contributed by atoms with Crippen LogP contribution in [0.1, 0.15) is 209 Å². The van der Waals surface area contributed by atoms with Crippen molar-refractivity contribution in [2.45, 2.75) is 273 Å². The highest BCUT2D eigenvalue weighted by molar-refractivity contribution is 14.1. The molecule has 0 spiro atoms. The first-order chi connectivity index (χ1) is 47.1. The Morgan fingerprint density at radius 2 is 1.08 bits per heavy atom. The quantitative estimate of drug-likeness (QED) is 0.0913. The van der Waals surface area contributed by atoms with Crippen LogP contribution in [0.15, 0.2) is 0 Å². The lowest BCUT2D eigenvalue weighted by atomic mass is 9.83. The first kappa shape index (κ1) is 85.2. The molecule has 13 atom stereocenters. The molecule has 3 saturated carbocycles. The lowest BCUT2D eigenvalue weighted by Gasteiger charge is -2.38. The van der Waals surface area contributed by atoms with E-state index in [-0.39, 0.29) is 79.9 Å². The molecule has 3 aliphatic carbocycles. The molecule has 4 unspecified atom stereocenters. The summed E-state index contributed by atoms with van der Waals surface area (Å²) in [7, 11) is 10.1. The van der Waals surface area contributed by atoms with Gasteiger partial charge in [-0.2, -0.15) is 0 Å². The second-order valence-corrected chi connectivity index (χ2v) is 33.2. The van der Waals surface area contributed by atoms with Gasteiger partial charge in [-0.25, -0.2) is 4.39 Å². The van der Waals surface area contributed by atoms with Crippen molar-refractivity contribution in [2.24, 2.45) is 35.5 Å². The maximum atomic E-state index is 15.4. The molecule has 5 fully saturated rings. The molecule has 24 nitrogen and oxygen atoms in total. The minimum atomic E-state index is -1.42. The highest BCUT2D eigenvalue weighted by Gasteiger charge is 2.44. The molecule has 0 radical (unpaired) electrons. The molecule has 2 saturated heterocycles. The number of nitrogens with zero attached hydrogens (tertiary/aromatic N) is 8. The summed E-state index contributed by atoms with van der Waals surface area (Å²) in [5, 5.41) is 11.8. The molecule has 0 aromatic rings. The van der Waals surface area contributed by atoms with Crippen molar-refractivity contribution in [3.8, 4) is 0 Å². The van der Waals surface area contributed by atoms with Gasteiger partial charge in [0.15, 0.2) is 0 Å². The molecule has 0 aromatic carbocycles. The average Bonchev–Trinajstić information content (AvgIpc) is 0.793. The summed E-state index contributed by atoms with van der Waals surface area (Å²) in [6.07, 6.45) is 10.7. The zero-order valence-electron chi connectivity index (χ0n) is 62.6. The number of carbonyl (C=O) groups is 12. The number of amides is 12. The first-order valence-corrected chi connectivity index (χ1v) is 39.0. The Hall–Kier alpha value is -5.41. The van der Waals surface area contributed by atoms with Crippen LogP contribution in [-0.2, 0) is 57.5 Å². The maximum absolute atomic E-state index is 15.4. The minimum absolute atomic E-state index is 0.0113. The van der Waals surface area contributed by atoms with Crippen LogP contribution >= 0.6 is 34.2 Å². The van der Waals surface area contributed by atoms with Crippen molar-refractivity contribution >= 4 is 105 Å². The first-order valence-electron chi connectivity index (χ1n) is 37.4. The molecule has 100 heavy (non-hydrogen) atoms. The molecule has 568 valence electrons. The molecule has 0 aromatic heterocycles. The number of nitrogens with one attached hydrogen (secondary N) is 4. The van der Waals surface area contributed by atoms with Crippen molar-refractivity contribution in [2.75, 3.05) is 82.1 Å². The van der Waals surface area contributed by atoms with E-state index in [1.54, 1.807) is 11.8 Å². The number of likely N-dealkylation sites (tertiary alicyclic amines) is 1. The Bertz CT molecular complexity index is 2780. The van der Waals surface area contributed by atoms with Crippen molar-refractivity contribution in [3.05, 3.63) is 0 Å². The van der Waals surface area contributed by atoms with Gasteiger partial charge in [-0.05, 0) is 145 Å². The summed E-state index contributed by atoms with van der Waals surface area (Å²) < 4.78 is 15.7. The molecule has 5 rings (SSSR count). The fraction of sp³-hybridized carbons (Fsp3) is 0.836. The second-order valence-electron chi connectivity index (χ2n) is 30.8. The zero-order chi connectivity index (χ0) is 74.4. The highest BCUT2D eigenvalue weighted by Crippen LogP contribution is 2.35. The number of hydrogen-bond donors (Lipinski definition) is 4. The smallest absolute Gasteiger partial charge is 0.245 e. The second kappa shape index (κ2) is 41.2. The molecule has 4 N–H and O–H groups in total. The summed E-state index contributed by atoms with van der Waals surface area (Å²) >= 11 is 8.94. The van der Waals surface area contributed by atoms with Crippen LogP contribution in [0.5, 0.6) is 0 Å². The van der Waals surface area contributed by atoms with Crippen molar-refractivity contribution in [1.82, 2.24) is 60.5 Å². The molecule has 12 amide bonds. The van der Waals surface area contributed by atoms with E-state index < -0.39 is 157 Å².